The minimum absolute atomic E-state index is 0.0335. The van der Waals surface area contributed by atoms with Gasteiger partial charge in [0.2, 0.25) is 5.91 Å². The van der Waals surface area contributed by atoms with Gasteiger partial charge in [0.25, 0.3) is 5.91 Å². The number of hydrogen-bond acceptors (Lipinski definition) is 6. The van der Waals surface area contributed by atoms with Crippen molar-refractivity contribution in [1.82, 2.24) is 9.88 Å². The molecule has 10 heteroatoms. The molecule has 3 heterocycles. The summed E-state index contributed by atoms with van der Waals surface area (Å²) in [5.74, 6) is -1.27. The number of carbonyl (C=O) groups is 3. The van der Waals surface area contributed by atoms with Crippen molar-refractivity contribution < 1.29 is 23.5 Å². The van der Waals surface area contributed by atoms with Gasteiger partial charge in [0.1, 0.15) is 5.76 Å². The third-order valence-corrected chi connectivity index (χ3v) is 4.38. The molecule has 8 nitrogen and oxygen atoms in total. The molecule has 2 amide bonds. The SMILES string of the molecule is O=C(COC(=O)[C@@H]1CC(=O)N(Cc2ccco2)C1)Nc1ncc(Cl)cc1Cl. The van der Waals surface area contributed by atoms with E-state index >= 15 is 0 Å². The fourth-order valence-corrected chi connectivity index (χ4v) is 3.03. The van der Waals surface area contributed by atoms with Crippen LogP contribution in [0.3, 0.4) is 0 Å². The quantitative estimate of drug-likeness (QED) is 0.732. The van der Waals surface area contributed by atoms with Gasteiger partial charge >= 0.3 is 5.97 Å². The predicted octanol–water partition coefficient (Wildman–Crippen LogP) is 2.51. The summed E-state index contributed by atoms with van der Waals surface area (Å²) in [6.07, 6.45) is 2.88. The number of carbonyl (C=O) groups excluding carboxylic acids is 3. The Morgan fingerprint density at radius 3 is 2.93 bits per heavy atom. The van der Waals surface area contributed by atoms with Crippen LogP contribution >= 0.6 is 23.2 Å². The van der Waals surface area contributed by atoms with Gasteiger partial charge in [-0.25, -0.2) is 4.98 Å². The Kier molecular flexibility index (Phi) is 5.98. The molecule has 0 aliphatic carbocycles. The smallest absolute Gasteiger partial charge is 0.311 e. The van der Waals surface area contributed by atoms with E-state index in [2.05, 4.69) is 10.3 Å². The van der Waals surface area contributed by atoms with Gasteiger partial charge in [-0.1, -0.05) is 23.2 Å². The van der Waals surface area contributed by atoms with Crippen LogP contribution in [0.4, 0.5) is 5.82 Å². The molecular formula is C17H15Cl2N3O5. The lowest BCUT2D eigenvalue weighted by molar-refractivity contribution is -0.151. The first-order valence-corrected chi connectivity index (χ1v) is 8.75. The summed E-state index contributed by atoms with van der Waals surface area (Å²) >= 11 is 11.6. The molecule has 1 saturated heterocycles. The Morgan fingerprint density at radius 2 is 2.22 bits per heavy atom. The number of likely N-dealkylation sites (tertiary alicyclic amines) is 1. The van der Waals surface area contributed by atoms with Crippen LogP contribution < -0.4 is 5.32 Å². The van der Waals surface area contributed by atoms with E-state index in [0.29, 0.717) is 10.8 Å². The number of hydrogen-bond donors (Lipinski definition) is 1. The Labute approximate surface area is 164 Å². The van der Waals surface area contributed by atoms with E-state index in [9.17, 15) is 14.4 Å². The zero-order valence-electron chi connectivity index (χ0n) is 14.0. The highest BCUT2D eigenvalue weighted by Crippen LogP contribution is 2.23. The largest absolute Gasteiger partial charge is 0.467 e. The molecule has 142 valence electrons. The standard InChI is InChI=1S/C17H15Cl2N3O5/c18-11-5-13(19)16(20-6-11)21-14(23)9-27-17(25)10-4-15(24)22(7-10)8-12-2-1-3-26-12/h1-3,5-6,10H,4,7-9H2,(H,20,21,23)/t10-/m1/s1. The summed E-state index contributed by atoms with van der Waals surface area (Å²) in [7, 11) is 0. The summed E-state index contributed by atoms with van der Waals surface area (Å²) in [4.78, 5) is 41.5. The summed E-state index contributed by atoms with van der Waals surface area (Å²) < 4.78 is 10.2. The lowest BCUT2D eigenvalue weighted by atomic mass is 10.1. The topological polar surface area (TPSA) is 102 Å². The highest BCUT2D eigenvalue weighted by Gasteiger charge is 2.35. The Balaban J connectivity index is 1.47. The van der Waals surface area contributed by atoms with E-state index in [4.69, 9.17) is 32.4 Å². The van der Waals surface area contributed by atoms with Crippen molar-refractivity contribution in [3.05, 3.63) is 46.5 Å². The van der Waals surface area contributed by atoms with Crippen molar-refractivity contribution in [3.8, 4) is 0 Å². The second-order valence-electron chi connectivity index (χ2n) is 5.89. The molecule has 0 radical (unpaired) electrons. The van der Waals surface area contributed by atoms with Crippen LogP contribution in [0, 0.1) is 5.92 Å². The van der Waals surface area contributed by atoms with Crippen molar-refractivity contribution in [1.29, 1.82) is 0 Å². The number of pyridine rings is 1. The Hall–Kier alpha value is -2.58. The van der Waals surface area contributed by atoms with Gasteiger partial charge < -0.3 is 19.4 Å². The van der Waals surface area contributed by atoms with E-state index in [1.165, 1.54) is 23.4 Å². The van der Waals surface area contributed by atoms with Crippen LogP contribution in [0.1, 0.15) is 12.2 Å². The third-order valence-electron chi connectivity index (χ3n) is 3.89. The maximum Gasteiger partial charge on any atom is 0.311 e. The number of ether oxygens (including phenoxy) is 1. The minimum Gasteiger partial charge on any atom is -0.467 e. The molecule has 0 spiro atoms. The molecule has 2 aromatic heterocycles. The summed E-state index contributed by atoms with van der Waals surface area (Å²) in [6.45, 7) is -0.0102. The van der Waals surface area contributed by atoms with Crippen LogP contribution in [0.15, 0.2) is 35.1 Å². The summed E-state index contributed by atoms with van der Waals surface area (Å²) in [5.41, 5.74) is 0. The first kappa shape index (κ1) is 19.2. The van der Waals surface area contributed by atoms with E-state index in [1.807, 2.05) is 0 Å². The summed E-state index contributed by atoms with van der Waals surface area (Å²) in [6, 6.07) is 4.90. The number of anilines is 1. The van der Waals surface area contributed by atoms with Crippen LogP contribution in [-0.4, -0.2) is 40.8 Å². The number of rotatable bonds is 6. The molecule has 0 saturated carbocycles. The molecule has 1 atom stereocenters. The van der Waals surface area contributed by atoms with Crippen LogP contribution in [-0.2, 0) is 25.7 Å². The number of nitrogens with one attached hydrogen (secondary N) is 1. The number of halogens is 2. The average molecular weight is 412 g/mol. The van der Waals surface area contributed by atoms with Crippen molar-refractivity contribution in [2.75, 3.05) is 18.5 Å². The van der Waals surface area contributed by atoms with Crippen LogP contribution in [0.5, 0.6) is 0 Å². The molecule has 3 rings (SSSR count). The number of nitrogens with zero attached hydrogens (tertiary/aromatic N) is 2. The molecule has 2 aromatic rings. The van der Waals surface area contributed by atoms with Gasteiger partial charge in [-0.15, -0.1) is 0 Å². The summed E-state index contributed by atoms with van der Waals surface area (Å²) in [5, 5.41) is 2.92. The molecule has 1 aliphatic rings. The lowest BCUT2D eigenvalue weighted by Crippen LogP contribution is -2.28. The number of esters is 1. The van der Waals surface area contributed by atoms with Crippen LogP contribution in [0.2, 0.25) is 10.0 Å². The molecule has 1 aliphatic heterocycles. The van der Waals surface area contributed by atoms with E-state index in [-0.39, 0.29) is 36.3 Å². The lowest BCUT2D eigenvalue weighted by Gasteiger charge is -2.14. The minimum atomic E-state index is -0.627. The van der Waals surface area contributed by atoms with Crippen molar-refractivity contribution in [2.24, 2.45) is 5.92 Å². The molecular weight excluding hydrogens is 397 g/mol. The fraction of sp³-hybridized carbons (Fsp3) is 0.294. The molecule has 27 heavy (non-hydrogen) atoms. The maximum atomic E-state index is 12.1. The highest BCUT2D eigenvalue weighted by molar-refractivity contribution is 6.36. The van der Waals surface area contributed by atoms with Crippen LogP contribution in [0.25, 0.3) is 0 Å². The van der Waals surface area contributed by atoms with Gasteiger partial charge in [-0.05, 0) is 18.2 Å². The fourth-order valence-electron chi connectivity index (χ4n) is 2.60. The van der Waals surface area contributed by atoms with E-state index in [0.717, 1.165) is 0 Å². The second-order valence-corrected chi connectivity index (χ2v) is 6.74. The average Bonchev–Trinajstić information content (AvgIpc) is 3.26. The van der Waals surface area contributed by atoms with Gasteiger partial charge in [-0.3, -0.25) is 14.4 Å². The van der Waals surface area contributed by atoms with E-state index in [1.54, 1.807) is 12.1 Å². The van der Waals surface area contributed by atoms with Crippen molar-refractivity contribution in [3.63, 3.8) is 0 Å². The van der Waals surface area contributed by atoms with E-state index < -0.39 is 24.4 Å². The Morgan fingerprint density at radius 1 is 1.41 bits per heavy atom. The van der Waals surface area contributed by atoms with Gasteiger partial charge in [0.05, 0.1) is 28.8 Å². The maximum absolute atomic E-state index is 12.1. The monoisotopic (exact) mass is 411 g/mol. The molecule has 1 N–H and O–H groups in total. The van der Waals surface area contributed by atoms with Crippen molar-refractivity contribution >= 4 is 46.8 Å². The molecule has 0 aromatic carbocycles. The number of amides is 2. The molecule has 0 unspecified atom stereocenters. The van der Waals surface area contributed by atoms with Gasteiger partial charge in [0, 0.05) is 19.2 Å². The van der Waals surface area contributed by atoms with Gasteiger partial charge in [0.15, 0.2) is 12.4 Å². The number of aromatic nitrogens is 1. The third kappa shape index (κ3) is 4.99. The molecule has 1 fully saturated rings. The highest BCUT2D eigenvalue weighted by atomic mass is 35.5. The molecule has 0 bridgehead atoms. The van der Waals surface area contributed by atoms with Crippen molar-refractivity contribution in [2.45, 2.75) is 13.0 Å². The van der Waals surface area contributed by atoms with Gasteiger partial charge in [-0.2, -0.15) is 0 Å². The number of furan rings is 1. The first-order chi connectivity index (χ1) is 12.9. The first-order valence-electron chi connectivity index (χ1n) is 8.00. The zero-order valence-corrected chi connectivity index (χ0v) is 15.5. The Bertz CT molecular complexity index is 856. The zero-order chi connectivity index (χ0) is 19.4. The predicted molar refractivity (Wildman–Crippen MR) is 96.1 cm³/mol. The normalized spacial score (nSPS) is 16.4. The second kappa shape index (κ2) is 8.41.